The summed E-state index contributed by atoms with van der Waals surface area (Å²) in [4.78, 5) is 10.6. The Morgan fingerprint density at radius 3 is 2.71 bits per heavy atom. The summed E-state index contributed by atoms with van der Waals surface area (Å²) in [5, 5.41) is 2.74. The van der Waals surface area contributed by atoms with E-state index in [4.69, 9.17) is 0 Å². The fraction of sp³-hybridized carbons (Fsp3) is 0.250. The monoisotopic (exact) mass is 243 g/mol. The van der Waals surface area contributed by atoms with Crippen LogP contribution < -0.4 is 5.32 Å². The molecule has 0 amide bonds. The number of hydrogen-bond donors (Lipinski definition) is 1. The highest BCUT2D eigenvalue weighted by Crippen LogP contribution is 2.29. The second-order valence-electron chi connectivity index (χ2n) is 3.52. The normalized spacial score (nSPS) is 11.8. The van der Waals surface area contributed by atoms with Crippen LogP contribution >= 0.6 is 0 Å². The highest BCUT2D eigenvalue weighted by atomic mass is 19.4. The van der Waals surface area contributed by atoms with Gasteiger partial charge in [0.25, 0.3) is 0 Å². The van der Waals surface area contributed by atoms with Gasteiger partial charge in [0.2, 0.25) is 0 Å². The van der Waals surface area contributed by atoms with Crippen molar-refractivity contribution in [1.29, 1.82) is 0 Å². The Bertz CT molecular complexity index is 424. The molecule has 0 aromatic heterocycles. The number of carbonyl (C=O) groups excluding carboxylic acids is 1. The molecule has 1 N–H and O–H groups in total. The summed E-state index contributed by atoms with van der Waals surface area (Å²) in [6.45, 7) is 1.64. The van der Waals surface area contributed by atoms with E-state index in [0.29, 0.717) is 5.56 Å². The number of rotatable bonds is 4. The fourth-order valence-electron chi connectivity index (χ4n) is 1.21. The molecule has 0 unspecified atom stereocenters. The van der Waals surface area contributed by atoms with Gasteiger partial charge in [-0.2, -0.15) is 13.2 Å². The molecule has 0 aliphatic carbocycles. The minimum absolute atomic E-state index is 0.124. The Labute approximate surface area is 97.1 Å². The summed E-state index contributed by atoms with van der Waals surface area (Å²) in [7, 11) is 0. The van der Waals surface area contributed by atoms with Crippen molar-refractivity contribution in [1.82, 2.24) is 5.32 Å². The first-order valence-corrected chi connectivity index (χ1v) is 4.96. The molecule has 0 fully saturated rings. The third-order valence-electron chi connectivity index (χ3n) is 2.00. The summed E-state index contributed by atoms with van der Waals surface area (Å²) in [6, 6.07) is 5.04. The van der Waals surface area contributed by atoms with Gasteiger partial charge in [0.05, 0.1) is 5.56 Å². The SMILES string of the molecule is CC(=O)C=CNCc1cccc(C(F)(F)F)c1. The van der Waals surface area contributed by atoms with Gasteiger partial charge in [0, 0.05) is 12.7 Å². The van der Waals surface area contributed by atoms with Crippen LogP contribution in [0.15, 0.2) is 36.5 Å². The Morgan fingerprint density at radius 2 is 2.12 bits per heavy atom. The van der Waals surface area contributed by atoms with Gasteiger partial charge in [0.15, 0.2) is 5.78 Å². The van der Waals surface area contributed by atoms with Crippen molar-refractivity contribution in [3.63, 3.8) is 0 Å². The molecule has 5 heteroatoms. The number of alkyl halides is 3. The summed E-state index contributed by atoms with van der Waals surface area (Å²) in [6.07, 6.45) is -1.60. The molecule has 0 aliphatic rings. The van der Waals surface area contributed by atoms with Crippen molar-refractivity contribution < 1.29 is 18.0 Å². The predicted octanol–water partition coefficient (Wildman–Crippen LogP) is 2.90. The fourth-order valence-corrected chi connectivity index (χ4v) is 1.21. The van der Waals surface area contributed by atoms with Gasteiger partial charge in [-0.25, -0.2) is 0 Å². The number of benzene rings is 1. The summed E-state index contributed by atoms with van der Waals surface area (Å²) in [5.41, 5.74) is -0.166. The average Bonchev–Trinajstić information content (AvgIpc) is 2.23. The molecule has 0 radical (unpaired) electrons. The summed E-state index contributed by atoms with van der Waals surface area (Å²) in [5.74, 6) is -0.124. The Morgan fingerprint density at radius 1 is 1.41 bits per heavy atom. The maximum absolute atomic E-state index is 12.4. The van der Waals surface area contributed by atoms with Crippen molar-refractivity contribution in [2.24, 2.45) is 0 Å². The lowest BCUT2D eigenvalue weighted by Gasteiger charge is -2.08. The smallest absolute Gasteiger partial charge is 0.387 e. The van der Waals surface area contributed by atoms with Crippen molar-refractivity contribution in [2.75, 3.05) is 0 Å². The van der Waals surface area contributed by atoms with E-state index >= 15 is 0 Å². The molecule has 2 nitrogen and oxygen atoms in total. The average molecular weight is 243 g/mol. The van der Waals surface area contributed by atoms with Gasteiger partial charge < -0.3 is 5.32 Å². The van der Waals surface area contributed by atoms with Crippen LogP contribution in [0.1, 0.15) is 18.1 Å². The first kappa shape index (κ1) is 13.3. The van der Waals surface area contributed by atoms with Gasteiger partial charge in [-0.15, -0.1) is 0 Å². The van der Waals surface area contributed by atoms with Gasteiger partial charge in [-0.1, -0.05) is 12.1 Å². The molecule has 0 saturated heterocycles. The molecule has 1 aromatic rings. The minimum Gasteiger partial charge on any atom is -0.387 e. The molecular weight excluding hydrogens is 231 g/mol. The van der Waals surface area contributed by atoms with E-state index in [0.717, 1.165) is 12.1 Å². The quantitative estimate of drug-likeness (QED) is 0.824. The zero-order valence-corrected chi connectivity index (χ0v) is 9.21. The summed E-state index contributed by atoms with van der Waals surface area (Å²) < 4.78 is 37.1. The van der Waals surface area contributed by atoms with Crippen LogP contribution in [0.4, 0.5) is 13.2 Å². The third kappa shape index (κ3) is 4.72. The number of ketones is 1. The predicted molar refractivity (Wildman–Crippen MR) is 58.1 cm³/mol. The zero-order valence-electron chi connectivity index (χ0n) is 9.21. The largest absolute Gasteiger partial charge is 0.416 e. The van der Waals surface area contributed by atoms with Crippen molar-refractivity contribution in [2.45, 2.75) is 19.6 Å². The first-order chi connectivity index (χ1) is 7.89. The van der Waals surface area contributed by atoms with Gasteiger partial charge >= 0.3 is 6.18 Å². The lowest BCUT2D eigenvalue weighted by molar-refractivity contribution is -0.137. The third-order valence-corrected chi connectivity index (χ3v) is 2.00. The molecular formula is C12H12F3NO. The van der Waals surface area contributed by atoms with Crippen LogP contribution in [-0.2, 0) is 17.5 Å². The number of halogens is 3. The van der Waals surface area contributed by atoms with E-state index in [9.17, 15) is 18.0 Å². The molecule has 92 valence electrons. The summed E-state index contributed by atoms with van der Waals surface area (Å²) >= 11 is 0. The van der Waals surface area contributed by atoms with Gasteiger partial charge in [-0.05, 0) is 30.7 Å². The van der Waals surface area contributed by atoms with Crippen LogP contribution in [0.3, 0.4) is 0 Å². The Balaban J connectivity index is 2.64. The number of allylic oxidation sites excluding steroid dienone is 1. The van der Waals surface area contributed by atoms with Gasteiger partial charge in [-0.3, -0.25) is 4.79 Å². The van der Waals surface area contributed by atoms with Crippen LogP contribution in [0, 0.1) is 0 Å². The molecule has 0 saturated carbocycles. The molecule has 0 atom stereocenters. The topological polar surface area (TPSA) is 29.1 Å². The van der Waals surface area contributed by atoms with Crippen molar-refractivity contribution in [3.05, 3.63) is 47.7 Å². The standard InChI is InChI=1S/C12H12F3NO/c1-9(17)5-6-16-8-10-3-2-4-11(7-10)12(13,14)15/h2-7,16H,8H2,1H3. The minimum atomic E-state index is -4.33. The second-order valence-corrected chi connectivity index (χ2v) is 3.52. The number of nitrogens with one attached hydrogen (secondary N) is 1. The maximum Gasteiger partial charge on any atom is 0.416 e. The van der Waals surface area contributed by atoms with Crippen LogP contribution in [0.25, 0.3) is 0 Å². The Kier molecular flexibility index (Phi) is 4.31. The van der Waals surface area contributed by atoms with Crippen molar-refractivity contribution >= 4 is 5.78 Å². The Hall–Kier alpha value is -1.78. The lowest BCUT2D eigenvalue weighted by atomic mass is 10.1. The molecule has 0 aliphatic heterocycles. The molecule has 1 rings (SSSR count). The lowest BCUT2D eigenvalue weighted by Crippen LogP contribution is -2.09. The first-order valence-electron chi connectivity index (χ1n) is 4.96. The molecule has 0 heterocycles. The van der Waals surface area contributed by atoms with E-state index in [1.165, 1.54) is 25.3 Å². The molecule has 1 aromatic carbocycles. The maximum atomic E-state index is 12.4. The second kappa shape index (κ2) is 5.52. The van der Waals surface area contributed by atoms with Crippen LogP contribution in [0.5, 0.6) is 0 Å². The highest BCUT2D eigenvalue weighted by Gasteiger charge is 2.30. The zero-order chi connectivity index (χ0) is 12.9. The van der Waals surface area contributed by atoms with Gasteiger partial charge in [0.1, 0.15) is 0 Å². The van der Waals surface area contributed by atoms with Crippen LogP contribution in [0.2, 0.25) is 0 Å². The van der Waals surface area contributed by atoms with E-state index in [1.54, 1.807) is 6.07 Å². The van der Waals surface area contributed by atoms with E-state index < -0.39 is 11.7 Å². The van der Waals surface area contributed by atoms with E-state index in [-0.39, 0.29) is 12.3 Å². The molecule has 0 bridgehead atoms. The van der Waals surface area contributed by atoms with E-state index in [2.05, 4.69) is 5.32 Å². The molecule has 0 spiro atoms. The van der Waals surface area contributed by atoms with Crippen LogP contribution in [-0.4, -0.2) is 5.78 Å². The van der Waals surface area contributed by atoms with Crippen molar-refractivity contribution in [3.8, 4) is 0 Å². The molecule has 17 heavy (non-hydrogen) atoms. The van der Waals surface area contributed by atoms with E-state index in [1.807, 2.05) is 0 Å². The number of carbonyl (C=O) groups is 1. The number of hydrogen-bond acceptors (Lipinski definition) is 2. The highest BCUT2D eigenvalue weighted by molar-refractivity contribution is 5.87.